The van der Waals surface area contributed by atoms with Crippen molar-refractivity contribution in [2.24, 2.45) is 0 Å². The second kappa shape index (κ2) is 7.91. The van der Waals surface area contributed by atoms with Gasteiger partial charge in [0.05, 0.1) is 0 Å². The second-order valence-corrected chi connectivity index (χ2v) is 6.62. The molecular formula is C19H21N5O2. The van der Waals surface area contributed by atoms with Gasteiger partial charge in [0, 0.05) is 31.8 Å². The van der Waals surface area contributed by atoms with E-state index in [0.717, 1.165) is 12.8 Å². The standard InChI is InChI=1S/C19H21N5O2/c1-23(16-4-2-3-5-16)18-8-9-19(26)24(22-18)13-17(25)10-14-6-7-15(11-20)21-12-14/h6-9,12,16H,2-5,10,13H2,1H3. The lowest BCUT2D eigenvalue weighted by Gasteiger charge is -2.25. The Morgan fingerprint density at radius 1 is 1.31 bits per heavy atom. The van der Waals surface area contributed by atoms with Crippen LogP contribution in [0.3, 0.4) is 0 Å². The number of anilines is 1. The van der Waals surface area contributed by atoms with Crippen molar-refractivity contribution < 1.29 is 4.79 Å². The first-order valence-corrected chi connectivity index (χ1v) is 8.74. The molecule has 0 radical (unpaired) electrons. The molecule has 2 aromatic rings. The van der Waals surface area contributed by atoms with E-state index in [2.05, 4.69) is 15.0 Å². The maximum Gasteiger partial charge on any atom is 0.267 e. The van der Waals surface area contributed by atoms with Crippen LogP contribution < -0.4 is 10.5 Å². The first-order chi connectivity index (χ1) is 12.6. The van der Waals surface area contributed by atoms with Gasteiger partial charge < -0.3 is 4.90 Å². The summed E-state index contributed by atoms with van der Waals surface area (Å²) >= 11 is 0. The molecule has 0 atom stereocenters. The smallest absolute Gasteiger partial charge is 0.267 e. The topological polar surface area (TPSA) is 91.9 Å². The molecule has 3 rings (SSSR count). The first-order valence-electron chi connectivity index (χ1n) is 8.74. The predicted octanol–water partition coefficient (Wildman–Crippen LogP) is 1.70. The van der Waals surface area contributed by atoms with E-state index in [9.17, 15) is 9.59 Å². The third-order valence-electron chi connectivity index (χ3n) is 4.75. The number of Topliss-reactive ketones (excluding diaryl/α,β-unsaturated/α-hetero) is 1. The van der Waals surface area contributed by atoms with Crippen LogP contribution in [0.2, 0.25) is 0 Å². The summed E-state index contributed by atoms with van der Waals surface area (Å²) in [6.07, 6.45) is 6.34. The molecule has 2 heterocycles. The van der Waals surface area contributed by atoms with Crippen LogP contribution >= 0.6 is 0 Å². The van der Waals surface area contributed by atoms with E-state index in [1.165, 1.54) is 29.8 Å². The molecule has 0 spiro atoms. The van der Waals surface area contributed by atoms with Crippen LogP contribution in [-0.4, -0.2) is 33.6 Å². The Hall–Kier alpha value is -3.01. The highest BCUT2D eigenvalue weighted by molar-refractivity contribution is 5.80. The highest BCUT2D eigenvalue weighted by atomic mass is 16.1. The van der Waals surface area contributed by atoms with Crippen LogP contribution in [0.5, 0.6) is 0 Å². The van der Waals surface area contributed by atoms with E-state index >= 15 is 0 Å². The number of nitriles is 1. The minimum Gasteiger partial charge on any atom is -0.355 e. The largest absolute Gasteiger partial charge is 0.355 e. The first kappa shape index (κ1) is 17.8. The molecule has 1 fully saturated rings. The van der Waals surface area contributed by atoms with Gasteiger partial charge in [-0.2, -0.15) is 10.4 Å². The highest BCUT2D eigenvalue weighted by Gasteiger charge is 2.21. The fourth-order valence-electron chi connectivity index (χ4n) is 3.26. The molecule has 134 valence electrons. The fourth-order valence-corrected chi connectivity index (χ4v) is 3.26. The number of hydrogen-bond acceptors (Lipinski definition) is 6. The van der Waals surface area contributed by atoms with E-state index < -0.39 is 0 Å². The minimum atomic E-state index is -0.292. The zero-order chi connectivity index (χ0) is 18.5. The Morgan fingerprint density at radius 2 is 2.08 bits per heavy atom. The van der Waals surface area contributed by atoms with Gasteiger partial charge in [0.25, 0.3) is 5.56 Å². The summed E-state index contributed by atoms with van der Waals surface area (Å²) in [4.78, 5) is 30.4. The molecule has 26 heavy (non-hydrogen) atoms. The van der Waals surface area contributed by atoms with Crippen LogP contribution in [-0.2, 0) is 17.8 Å². The highest BCUT2D eigenvalue weighted by Crippen LogP contribution is 2.25. The number of carbonyl (C=O) groups is 1. The molecule has 0 amide bonds. The van der Waals surface area contributed by atoms with Crippen LogP contribution in [0.1, 0.15) is 36.9 Å². The number of carbonyl (C=O) groups excluding carboxylic acids is 1. The Labute approximate surface area is 151 Å². The molecule has 7 nitrogen and oxygen atoms in total. The zero-order valence-electron chi connectivity index (χ0n) is 14.8. The lowest BCUT2D eigenvalue weighted by Crippen LogP contribution is -2.33. The zero-order valence-corrected chi connectivity index (χ0v) is 14.8. The van der Waals surface area contributed by atoms with Gasteiger partial charge in [0.15, 0.2) is 5.78 Å². The van der Waals surface area contributed by atoms with E-state index in [-0.39, 0.29) is 24.3 Å². The molecule has 0 aromatic carbocycles. The fraction of sp³-hybridized carbons (Fsp3) is 0.421. The molecule has 1 aliphatic rings. The minimum absolute atomic E-state index is 0.0782. The summed E-state index contributed by atoms with van der Waals surface area (Å²) in [6.45, 7) is -0.0782. The molecule has 0 N–H and O–H groups in total. The van der Waals surface area contributed by atoms with Crippen LogP contribution in [0.4, 0.5) is 5.82 Å². The lowest BCUT2D eigenvalue weighted by atomic mass is 10.1. The van der Waals surface area contributed by atoms with Crippen LogP contribution in [0.15, 0.2) is 35.3 Å². The summed E-state index contributed by atoms with van der Waals surface area (Å²) in [6, 6.07) is 8.83. The third-order valence-corrected chi connectivity index (χ3v) is 4.75. The molecule has 7 heteroatoms. The summed E-state index contributed by atoms with van der Waals surface area (Å²) in [5, 5.41) is 13.1. The Kier molecular flexibility index (Phi) is 5.42. The molecule has 0 aliphatic heterocycles. The van der Waals surface area contributed by atoms with Gasteiger partial charge >= 0.3 is 0 Å². The van der Waals surface area contributed by atoms with Crippen molar-refractivity contribution >= 4 is 11.6 Å². The van der Waals surface area contributed by atoms with Crippen molar-refractivity contribution in [3.63, 3.8) is 0 Å². The van der Waals surface area contributed by atoms with Crippen molar-refractivity contribution in [1.29, 1.82) is 5.26 Å². The maximum absolute atomic E-state index is 12.3. The quantitative estimate of drug-likeness (QED) is 0.786. The molecule has 1 aliphatic carbocycles. The number of rotatable bonds is 6. The number of nitrogens with zero attached hydrogens (tertiary/aromatic N) is 5. The Balaban J connectivity index is 1.69. The van der Waals surface area contributed by atoms with Gasteiger partial charge in [-0.1, -0.05) is 18.9 Å². The lowest BCUT2D eigenvalue weighted by molar-refractivity contribution is -0.119. The second-order valence-electron chi connectivity index (χ2n) is 6.62. The van der Waals surface area contributed by atoms with Crippen molar-refractivity contribution in [2.45, 2.75) is 44.7 Å². The van der Waals surface area contributed by atoms with Crippen molar-refractivity contribution in [3.05, 3.63) is 52.1 Å². The predicted molar refractivity (Wildman–Crippen MR) is 96.8 cm³/mol. The van der Waals surface area contributed by atoms with Crippen LogP contribution in [0, 0.1) is 11.3 Å². The van der Waals surface area contributed by atoms with Gasteiger partial charge in [-0.25, -0.2) is 9.67 Å². The number of hydrogen-bond donors (Lipinski definition) is 0. The summed E-state index contributed by atoms with van der Waals surface area (Å²) < 4.78 is 1.22. The van der Waals surface area contributed by atoms with Gasteiger partial charge in [-0.05, 0) is 30.5 Å². The maximum atomic E-state index is 12.3. The normalized spacial score (nSPS) is 14.2. The molecule has 0 bridgehead atoms. The SMILES string of the molecule is CN(c1ccc(=O)n(CC(=O)Cc2ccc(C#N)nc2)n1)C1CCCC1. The summed E-state index contributed by atoms with van der Waals surface area (Å²) in [5.74, 6) is 0.580. The van der Waals surface area contributed by atoms with Gasteiger partial charge in [-0.3, -0.25) is 9.59 Å². The third kappa shape index (κ3) is 4.14. The molecule has 0 saturated heterocycles. The number of ketones is 1. The van der Waals surface area contributed by atoms with E-state index in [1.54, 1.807) is 18.2 Å². The van der Waals surface area contributed by atoms with Gasteiger partial charge in [-0.15, -0.1) is 0 Å². The average molecular weight is 351 g/mol. The van der Waals surface area contributed by atoms with Crippen molar-refractivity contribution in [1.82, 2.24) is 14.8 Å². The Bertz CT molecular complexity index is 876. The molecular weight excluding hydrogens is 330 g/mol. The van der Waals surface area contributed by atoms with E-state index in [1.807, 2.05) is 13.1 Å². The summed E-state index contributed by atoms with van der Waals surface area (Å²) in [7, 11) is 1.98. The summed E-state index contributed by atoms with van der Waals surface area (Å²) in [5.41, 5.74) is 0.725. The Morgan fingerprint density at radius 3 is 2.73 bits per heavy atom. The van der Waals surface area contributed by atoms with E-state index in [4.69, 9.17) is 5.26 Å². The van der Waals surface area contributed by atoms with Crippen molar-refractivity contribution in [3.8, 4) is 6.07 Å². The van der Waals surface area contributed by atoms with E-state index in [0.29, 0.717) is 23.1 Å². The van der Waals surface area contributed by atoms with Gasteiger partial charge in [0.1, 0.15) is 24.1 Å². The molecule has 0 unspecified atom stereocenters. The monoisotopic (exact) mass is 351 g/mol. The number of aromatic nitrogens is 3. The van der Waals surface area contributed by atoms with Gasteiger partial charge in [0.2, 0.25) is 0 Å². The molecule has 1 saturated carbocycles. The van der Waals surface area contributed by atoms with Crippen molar-refractivity contribution in [2.75, 3.05) is 11.9 Å². The van der Waals surface area contributed by atoms with Crippen LogP contribution in [0.25, 0.3) is 0 Å². The number of pyridine rings is 1. The molecule has 2 aromatic heterocycles. The average Bonchev–Trinajstić information content (AvgIpc) is 3.18.